The van der Waals surface area contributed by atoms with Crippen LogP contribution in [0.2, 0.25) is 0 Å². The van der Waals surface area contributed by atoms with Gasteiger partial charge in [0.15, 0.2) is 5.76 Å². The van der Waals surface area contributed by atoms with Gasteiger partial charge >= 0.3 is 0 Å². The number of hydrogen-bond donors (Lipinski definition) is 1. The fourth-order valence-electron chi connectivity index (χ4n) is 3.41. The van der Waals surface area contributed by atoms with E-state index in [2.05, 4.69) is 10.3 Å². The minimum absolute atomic E-state index is 0.0394. The second-order valence-corrected chi connectivity index (χ2v) is 9.27. The van der Waals surface area contributed by atoms with E-state index in [1.807, 2.05) is 17.8 Å². The van der Waals surface area contributed by atoms with E-state index in [9.17, 15) is 13.2 Å². The standard InChI is InChI=1S/C21H24N4O5S/c1-15-19(31(27,28)25-10-3-4-11-25)13-18(30-15)21(26)23-16-5-7-17(8-6-16)29-14-20-22-9-12-24(20)2/h5-9,12-13H,3-4,10-11,14H2,1-2H3,(H,23,26). The van der Waals surface area contributed by atoms with Crippen molar-refractivity contribution in [1.82, 2.24) is 13.9 Å². The molecule has 1 amide bonds. The summed E-state index contributed by atoms with van der Waals surface area (Å²) < 4.78 is 40.0. The van der Waals surface area contributed by atoms with Crippen LogP contribution < -0.4 is 10.1 Å². The predicted octanol–water partition coefficient (Wildman–Crippen LogP) is 2.94. The van der Waals surface area contributed by atoms with Crippen molar-refractivity contribution in [2.45, 2.75) is 31.3 Å². The Morgan fingerprint density at radius 1 is 1.23 bits per heavy atom. The second kappa shape index (κ2) is 8.56. The van der Waals surface area contributed by atoms with Gasteiger partial charge in [0.1, 0.15) is 28.8 Å². The lowest BCUT2D eigenvalue weighted by Gasteiger charge is -2.14. The van der Waals surface area contributed by atoms with Gasteiger partial charge in [0.25, 0.3) is 5.91 Å². The number of carbonyl (C=O) groups is 1. The van der Waals surface area contributed by atoms with Gasteiger partial charge in [-0.3, -0.25) is 4.79 Å². The number of benzene rings is 1. The molecule has 1 aromatic carbocycles. The molecule has 4 rings (SSSR count). The van der Waals surface area contributed by atoms with E-state index in [0.29, 0.717) is 31.1 Å². The van der Waals surface area contributed by atoms with Crippen molar-refractivity contribution in [3.8, 4) is 5.75 Å². The molecule has 10 heteroatoms. The van der Waals surface area contributed by atoms with Crippen molar-refractivity contribution in [2.24, 2.45) is 7.05 Å². The van der Waals surface area contributed by atoms with Crippen LogP contribution in [0.25, 0.3) is 0 Å². The number of ether oxygens (including phenoxy) is 1. The molecule has 0 unspecified atom stereocenters. The summed E-state index contributed by atoms with van der Waals surface area (Å²) in [5, 5.41) is 2.71. The highest BCUT2D eigenvalue weighted by molar-refractivity contribution is 7.89. The molecule has 1 aliphatic rings. The summed E-state index contributed by atoms with van der Waals surface area (Å²) in [4.78, 5) is 16.8. The molecule has 9 nitrogen and oxygen atoms in total. The molecule has 0 bridgehead atoms. The molecular weight excluding hydrogens is 420 g/mol. The monoisotopic (exact) mass is 444 g/mol. The van der Waals surface area contributed by atoms with Gasteiger partial charge in [-0.05, 0) is 44.0 Å². The maximum absolute atomic E-state index is 12.8. The third-order valence-electron chi connectivity index (χ3n) is 5.18. The number of rotatable bonds is 7. The van der Waals surface area contributed by atoms with Crippen molar-refractivity contribution >= 4 is 21.6 Å². The van der Waals surface area contributed by atoms with Crippen LogP contribution in [0.3, 0.4) is 0 Å². The number of hydrogen-bond acceptors (Lipinski definition) is 6. The molecule has 0 spiro atoms. The molecule has 3 heterocycles. The first-order valence-corrected chi connectivity index (χ1v) is 11.4. The van der Waals surface area contributed by atoms with Crippen LogP contribution in [0, 0.1) is 6.92 Å². The Labute approximate surface area is 180 Å². The van der Waals surface area contributed by atoms with Gasteiger partial charge in [-0.25, -0.2) is 13.4 Å². The first-order valence-electron chi connectivity index (χ1n) is 9.95. The van der Waals surface area contributed by atoms with E-state index in [1.54, 1.807) is 37.4 Å². The molecule has 1 saturated heterocycles. The van der Waals surface area contributed by atoms with E-state index in [1.165, 1.54) is 10.4 Å². The van der Waals surface area contributed by atoms with Crippen LogP contribution in [0.5, 0.6) is 5.75 Å². The Hall–Kier alpha value is -3.11. The largest absolute Gasteiger partial charge is 0.486 e. The summed E-state index contributed by atoms with van der Waals surface area (Å²) in [7, 11) is -1.76. The average molecular weight is 445 g/mol. The van der Waals surface area contributed by atoms with Crippen molar-refractivity contribution in [3.05, 3.63) is 60.1 Å². The molecule has 3 aromatic rings. The molecule has 0 aliphatic carbocycles. The fraction of sp³-hybridized carbons (Fsp3) is 0.333. The SMILES string of the molecule is Cc1oc(C(=O)Nc2ccc(OCc3nccn3C)cc2)cc1S(=O)(=O)N1CCCC1. The highest BCUT2D eigenvalue weighted by Crippen LogP contribution is 2.27. The number of nitrogens with one attached hydrogen (secondary N) is 1. The van der Waals surface area contributed by atoms with E-state index in [4.69, 9.17) is 9.15 Å². The number of sulfonamides is 1. The molecule has 0 radical (unpaired) electrons. The summed E-state index contributed by atoms with van der Waals surface area (Å²) in [6.07, 6.45) is 5.22. The minimum Gasteiger partial charge on any atom is -0.486 e. The second-order valence-electron chi connectivity index (χ2n) is 7.36. The Kier molecular flexibility index (Phi) is 5.84. The van der Waals surface area contributed by atoms with Crippen molar-refractivity contribution in [1.29, 1.82) is 0 Å². The number of furan rings is 1. The number of amides is 1. The van der Waals surface area contributed by atoms with Crippen LogP contribution in [0.15, 0.2) is 52.0 Å². The Morgan fingerprint density at radius 3 is 2.58 bits per heavy atom. The topological polar surface area (TPSA) is 107 Å². The first kappa shape index (κ1) is 21.1. The third kappa shape index (κ3) is 4.49. The molecule has 164 valence electrons. The highest BCUT2D eigenvalue weighted by Gasteiger charge is 2.31. The van der Waals surface area contributed by atoms with E-state index in [0.717, 1.165) is 18.7 Å². The molecular formula is C21H24N4O5S. The zero-order valence-electron chi connectivity index (χ0n) is 17.4. The maximum Gasteiger partial charge on any atom is 0.291 e. The van der Waals surface area contributed by atoms with E-state index in [-0.39, 0.29) is 16.4 Å². The van der Waals surface area contributed by atoms with Crippen LogP contribution in [0.4, 0.5) is 5.69 Å². The van der Waals surface area contributed by atoms with Crippen molar-refractivity contribution < 1.29 is 22.4 Å². The summed E-state index contributed by atoms with van der Waals surface area (Å²) in [6, 6.07) is 8.15. The Bertz CT molecular complexity index is 1170. The van der Waals surface area contributed by atoms with Crippen LogP contribution in [0.1, 0.15) is 35.0 Å². The number of anilines is 1. The normalized spacial score (nSPS) is 14.6. The van der Waals surface area contributed by atoms with Gasteiger partial charge in [0, 0.05) is 44.3 Å². The molecule has 1 N–H and O–H groups in total. The molecule has 1 fully saturated rings. The van der Waals surface area contributed by atoms with Crippen LogP contribution >= 0.6 is 0 Å². The van der Waals surface area contributed by atoms with Gasteiger partial charge in [0.05, 0.1) is 0 Å². The van der Waals surface area contributed by atoms with E-state index < -0.39 is 15.9 Å². The number of nitrogens with zero attached hydrogens (tertiary/aromatic N) is 3. The van der Waals surface area contributed by atoms with Gasteiger partial charge in [-0.1, -0.05) is 0 Å². The zero-order valence-corrected chi connectivity index (χ0v) is 18.2. The Morgan fingerprint density at radius 2 is 1.94 bits per heavy atom. The molecule has 1 aliphatic heterocycles. The third-order valence-corrected chi connectivity index (χ3v) is 7.19. The van der Waals surface area contributed by atoms with Gasteiger partial charge in [0.2, 0.25) is 10.0 Å². The molecule has 0 atom stereocenters. The number of aryl methyl sites for hydroxylation is 2. The maximum atomic E-state index is 12.8. The van der Waals surface area contributed by atoms with Crippen molar-refractivity contribution in [2.75, 3.05) is 18.4 Å². The van der Waals surface area contributed by atoms with Gasteiger partial charge in [-0.2, -0.15) is 4.31 Å². The Balaban J connectivity index is 1.41. The first-order chi connectivity index (χ1) is 14.8. The summed E-state index contributed by atoms with van der Waals surface area (Å²) in [6.45, 7) is 2.86. The van der Waals surface area contributed by atoms with Crippen LogP contribution in [-0.4, -0.2) is 41.3 Å². The fourth-order valence-corrected chi connectivity index (χ4v) is 5.09. The lowest BCUT2D eigenvalue weighted by Crippen LogP contribution is -2.28. The summed E-state index contributed by atoms with van der Waals surface area (Å²) >= 11 is 0. The predicted molar refractivity (Wildman–Crippen MR) is 113 cm³/mol. The molecule has 2 aromatic heterocycles. The average Bonchev–Trinajstić information content (AvgIpc) is 3.49. The smallest absolute Gasteiger partial charge is 0.291 e. The highest BCUT2D eigenvalue weighted by atomic mass is 32.2. The minimum atomic E-state index is -3.65. The zero-order chi connectivity index (χ0) is 22.0. The number of aromatic nitrogens is 2. The van der Waals surface area contributed by atoms with Gasteiger partial charge < -0.3 is 19.0 Å². The lowest BCUT2D eigenvalue weighted by molar-refractivity contribution is 0.0995. The molecule has 0 saturated carbocycles. The lowest BCUT2D eigenvalue weighted by atomic mass is 10.3. The van der Waals surface area contributed by atoms with Crippen molar-refractivity contribution in [3.63, 3.8) is 0 Å². The molecule has 31 heavy (non-hydrogen) atoms. The van der Waals surface area contributed by atoms with E-state index >= 15 is 0 Å². The van der Waals surface area contributed by atoms with Gasteiger partial charge in [-0.15, -0.1) is 0 Å². The summed E-state index contributed by atoms with van der Waals surface area (Å²) in [5.74, 6) is 1.06. The number of imidazole rings is 1. The quantitative estimate of drug-likeness (QED) is 0.601. The summed E-state index contributed by atoms with van der Waals surface area (Å²) in [5.41, 5.74) is 0.535. The number of carbonyl (C=O) groups excluding carboxylic acids is 1. The van der Waals surface area contributed by atoms with Crippen LogP contribution in [-0.2, 0) is 23.7 Å².